The predicted molar refractivity (Wildman–Crippen MR) is 113 cm³/mol. The quantitative estimate of drug-likeness (QED) is 0.709. The van der Waals surface area contributed by atoms with Gasteiger partial charge in [0.25, 0.3) is 0 Å². The van der Waals surface area contributed by atoms with Gasteiger partial charge in [0, 0.05) is 30.9 Å². The molecular formula is C22H27N5O3. The summed E-state index contributed by atoms with van der Waals surface area (Å²) in [6.45, 7) is 4.93. The third-order valence-electron chi connectivity index (χ3n) is 5.97. The highest BCUT2D eigenvalue weighted by Crippen LogP contribution is 2.33. The molecule has 0 spiro atoms. The van der Waals surface area contributed by atoms with E-state index in [1.165, 1.54) is 0 Å². The van der Waals surface area contributed by atoms with E-state index in [-0.39, 0.29) is 18.9 Å². The molecule has 8 nitrogen and oxygen atoms in total. The molecular weight excluding hydrogens is 382 g/mol. The molecule has 2 saturated heterocycles. The lowest BCUT2D eigenvalue weighted by Crippen LogP contribution is -2.44. The Hall–Kier alpha value is -2.55. The van der Waals surface area contributed by atoms with Gasteiger partial charge in [-0.2, -0.15) is 5.10 Å². The van der Waals surface area contributed by atoms with Crippen LogP contribution in [0, 0.1) is 0 Å². The second-order valence-corrected chi connectivity index (χ2v) is 7.95. The van der Waals surface area contributed by atoms with Gasteiger partial charge in [-0.05, 0) is 49.9 Å². The van der Waals surface area contributed by atoms with Crippen molar-refractivity contribution in [1.29, 1.82) is 0 Å². The smallest absolute Gasteiger partial charge is 0.150 e. The molecule has 0 aliphatic carbocycles. The molecule has 2 atom stereocenters. The fourth-order valence-electron chi connectivity index (χ4n) is 4.39. The van der Waals surface area contributed by atoms with E-state index in [0.29, 0.717) is 13.2 Å². The van der Waals surface area contributed by atoms with Crippen LogP contribution in [0.4, 0.5) is 5.82 Å². The fraction of sp³-hybridized carbons (Fsp3) is 0.500. The number of fused-ring (bicyclic) bond motifs is 1. The molecule has 3 aromatic rings. The van der Waals surface area contributed by atoms with Crippen LogP contribution in [-0.4, -0.2) is 57.3 Å². The van der Waals surface area contributed by atoms with Gasteiger partial charge < -0.3 is 19.5 Å². The second kappa shape index (κ2) is 8.29. The second-order valence-electron chi connectivity index (χ2n) is 7.95. The van der Waals surface area contributed by atoms with Crippen molar-refractivity contribution in [2.45, 2.75) is 45.1 Å². The van der Waals surface area contributed by atoms with E-state index in [2.05, 4.69) is 21.9 Å². The number of hydrogen-bond acceptors (Lipinski definition) is 7. The number of aliphatic hydroxyl groups excluding tert-OH is 1. The zero-order chi connectivity index (χ0) is 20.5. The highest BCUT2D eigenvalue weighted by Gasteiger charge is 2.24. The van der Waals surface area contributed by atoms with Gasteiger partial charge in [0.15, 0.2) is 6.23 Å². The van der Waals surface area contributed by atoms with Crippen molar-refractivity contribution < 1.29 is 14.6 Å². The average Bonchev–Trinajstić information content (AvgIpc) is 3.28. The van der Waals surface area contributed by atoms with Crippen LogP contribution in [0.2, 0.25) is 0 Å². The van der Waals surface area contributed by atoms with Gasteiger partial charge in [-0.25, -0.2) is 9.67 Å². The Morgan fingerprint density at radius 1 is 1.20 bits per heavy atom. The summed E-state index contributed by atoms with van der Waals surface area (Å²) in [7, 11) is 0. The molecule has 2 aliphatic heterocycles. The number of pyridine rings is 2. The molecule has 158 valence electrons. The molecule has 2 aliphatic rings. The van der Waals surface area contributed by atoms with Crippen molar-refractivity contribution in [3.63, 3.8) is 0 Å². The van der Waals surface area contributed by atoms with E-state index in [9.17, 15) is 5.11 Å². The molecule has 5 heterocycles. The summed E-state index contributed by atoms with van der Waals surface area (Å²) >= 11 is 0. The van der Waals surface area contributed by atoms with Crippen LogP contribution in [0.25, 0.3) is 22.3 Å². The summed E-state index contributed by atoms with van der Waals surface area (Å²) in [5, 5.41) is 15.5. The largest absolute Gasteiger partial charge is 0.392 e. The summed E-state index contributed by atoms with van der Waals surface area (Å²) in [5.74, 6) is 0.844. The molecule has 3 aromatic heterocycles. The van der Waals surface area contributed by atoms with Crippen molar-refractivity contribution in [1.82, 2.24) is 19.7 Å². The number of ether oxygens (including phenoxy) is 2. The number of rotatable bonds is 4. The number of aliphatic hydroxyl groups is 1. The van der Waals surface area contributed by atoms with Gasteiger partial charge in [-0.3, -0.25) is 4.98 Å². The van der Waals surface area contributed by atoms with Crippen LogP contribution < -0.4 is 4.90 Å². The lowest BCUT2D eigenvalue weighted by molar-refractivity contribution is -0.0383. The van der Waals surface area contributed by atoms with Gasteiger partial charge in [0.1, 0.15) is 17.0 Å². The van der Waals surface area contributed by atoms with E-state index < -0.39 is 0 Å². The average molecular weight is 409 g/mol. The van der Waals surface area contributed by atoms with Gasteiger partial charge in [-0.15, -0.1) is 0 Å². The molecule has 8 heteroatoms. The van der Waals surface area contributed by atoms with E-state index in [4.69, 9.17) is 14.5 Å². The number of anilines is 1. The van der Waals surface area contributed by atoms with E-state index in [1.54, 1.807) is 12.4 Å². The summed E-state index contributed by atoms with van der Waals surface area (Å²) in [6, 6.07) is 6.08. The van der Waals surface area contributed by atoms with Crippen molar-refractivity contribution in [3.8, 4) is 11.4 Å². The molecule has 30 heavy (non-hydrogen) atoms. The topological polar surface area (TPSA) is 85.5 Å². The van der Waals surface area contributed by atoms with Gasteiger partial charge in [0.2, 0.25) is 0 Å². The Balaban J connectivity index is 1.65. The predicted octanol–water partition coefficient (Wildman–Crippen LogP) is 2.91. The fourth-order valence-corrected chi connectivity index (χ4v) is 4.39. The monoisotopic (exact) mass is 409 g/mol. The van der Waals surface area contributed by atoms with E-state index in [0.717, 1.165) is 66.1 Å². The number of nitrogens with zero attached hydrogens (tertiary/aromatic N) is 5. The van der Waals surface area contributed by atoms with Gasteiger partial charge in [0.05, 0.1) is 31.6 Å². The molecule has 1 unspecified atom stereocenters. The lowest BCUT2D eigenvalue weighted by atomic mass is 10.1. The number of hydrogen-bond donors (Lipinski definition) is 1. The number of morpholine rings is 1. The first-order valence-electron chi connectivity index (χ1n) is 10.7. The van der Waals surface area contributed by atoms with Crippen LogP contribution in [0.5, 0.6) is 0 Å². The Morgan fingerprint density at radius 2 is 2.13 bits per heavy atom. The first-order valence-corrected chi connectivity index (χ1v) is 10.7. The summed E-state index contributed by atoms with van der Waals surface area (Å²) < 4.78 is 13.5. The lowest BCUT2D eigenvalue weighted by Gasteiger charge is -2.34. The SMILES string of the molecule is C[C@@H]1COCCN1c1cc(CO)c2ccnc(-c3ccnn3C3CCCCO3)c2n1. The van der Waals surface area contributed by atoms with Gasteiger partial charge >= 0.3 is 0 Å². The first-order chi connectivity index (χ1) is 14.8. The van der Waals surface area contributed by atoms with E-state index >= 15 is 0 Å². The first kappa shape index (κ1) is 19.4. The van der Waals surface area contributed by atoms with Gasteiger partial charge in [-0.1, -0.05) is 0 Å². The van der Waals surface area contributed by atoms with Crippen molar-refractivity contribution in [3.05, 3.63) is 36.2 Å². The maximum Gasteiger partial charge on any atom is 0.150 e. The van der Waals surface area contributed by atoms with Crippen LogP contribution >= 0.6 is 0 Å². The Morgan fingerprint density at radius 3 is 2.93 bits per heavy atom. The third-order valence-corrected chi connectivity index (χ3v) is 5.97. The summed E-state index contributed by atoms with van der Waals surface area (Å²) in [6.07, 6.45) is 6.62. The van der Waals surface area contributed by atoms with Crippen molar-refractivity contribution in [2.24, 2.45) is 0 Å². The van der Waals surface area contributed by atoms with E-state index in [1.807, 2.05) is 22.9 Å². The number of aromatic nitrogens is 4. The van der Waals surface area contributed by atoms with Crippen LogP contribution in [0.3, 0.4) is 0 Å². The minimum Gasteiger partial charge on any atom is -0.392 e. The van der Waals surface area contributed by atoms with Crippen LogP contribution in [0.1, 0.15) is 38.0 Å². The Kier molecular flexibility index (Phi) is 5.37. The highest BCUT2D eigenvalue weighted by molar-refractivity contribution is 5.93. The molecule has 0 saturated carbocycles. The zero-order valence-electron chi connectivity index (χ0n) is 17.2. The highest BCUT2D eigenvalue weighted by atomic mass is 16.5. The van der Waals surface area contributed by atoms with Crippen LogP contribution in [0.15, 0.2) is 30.6 Å². The Bertz CT molecular complexity index is 1030. The maximum absolute atomic E-state index is 10.1. The molecule has 0 amide bonds. The normalized spacial score (nSPS) is 22.5. The Labute approximate surface area is 175 Å². The summed E-state index contributed by atoms with van der Waals surface area (Å²) in [5.41, 5.74) is 3.26. The molecule has 0 aromatic carbocycles. The van der Waals surface area contributed by atoms with Crippen LogP contribution in [-0.2, 0) is 16.1 Å². The van der Waals surface area contributed by atoms with Crippen molar-refractivity contribution >= 4 is 16.7 Å². The van der Waals surface area contributed by atoms with Crippen molar-refractivity contribution in [2.75, 3.05) is 31.3 Å². The zero-order valence-corrected chi connectivity index (χ0v) is 17.2. The minimum atomic E-state index is -0.0828. The standard InChI is InChI=1S/C22H27N5O3/c1-15-14-29-11-9-26(15)19-12-16(13-28)17-5-7-23-22(21(17)25-19)18-6-8-24-27(18)20-4-2-3-10-30-20/h5-8,12,15,20,28H,2-4,9-11,13-14H2,1H3/t15-,20?/m1/s1. The molecule has 2 fully saturated rings. The molecule has 1 N–H and O–H groups in total. The molecule has 0 bridgehead atoms. The maximum atomic E-state index is 10.1. The molecule has 5 rings (SSSR count). The summed E-state index contributed by atoms with van der Waals surface area (Å²) in [4.78, 5) is 11.9. The third kappa shape index (κ3) is 3.45. The molecule has 0 radical (unpaired) electrons. The minimum absolute atomic E-state index is 0.0564.